The summed E-state index contributed by atoms with van der Waals surface area (Å²) < 4.78 is 27.3. The number of imidazole rings is 1. The number of nitrogens with zero attached hydrogens (tertiary/aromatic N) is 4. The van der Waals surface area contributed by atoms with Crippen molar-refractivity contribution in [3.8, 4) is 23.0 Å². The SMILES string of the molecule is COc1cc(OC)c(-c2nc3c(n2C(C)C)[C@@]2(C(=O)Nc4cc(Cl)ccc42)N(c2cc(F)cc(Cl)c2)C3=O)cn1. The third kappa shape index (κ3) is 3.52. The molecule has 1 spiro atoms. The number of ether oxygens (including phenoxy) is 2. The molecule has 204 valence electrons. The second kappa shape index (κ2) is 9.21. The van der Waals surface area contributed by atoms with Gasteiger partial charge in [0, 0.05) is 39.6 Å². The Morgan fingerprint density at radius 3 is 2.48 bits per heavy atom. The second-order valence-corrected chi connectivity index (χ2v) is 10.5. The number of carbonyl (C=O) groups is 2. The number of aromatic nitrogens is 3. The van der Waals surface area contributed by atoms with Gasteiger partial charge in [0.1, 0.15) is 17.4 Å². The summed E-state index contributed by atoms with van der Waals surface area (Å²) in [6.07, 6.45) is 1.54. The van der Waals surface area contributed by atoms with Gasteiger partial charge in [0.05, 0.1) is 31.2 Å². The van der Waals surface area contributed by atoms with E-state index in [2.05, 4.69) is 10.3 Å². The van der Waals surface area contributed by atoms with Crippen LogP contribution in [0.15, 0.2) is 48.7 Å². The van der Waals surface area contributed by atoms with Crippen LogP contribution in [-0.4, -0.2) is 40.6 Å². The molecular weight excluding hydrogens is 560 g/mol. The quantitative estimate of drug-likeness (QED) is 0.317. The van der Waals surface area contributed by atoms with E-state index in [0.29, 0.717) is 45.0 Å². The lowest BCUT2D eigenvalue weighted by Crippen LogP contribution is -2.51. The van der Waals surface area contributed by atoms with Crippen molar-refractivity contribution in [2.75, 3.05) is 24.4 Å². The van der Waals surface area contributed by atoms with Gasteiger partial charge in [-0.1, -0.05) is 29.3 Å². The molecule has 2 aromatic heterocycles. The summed E-state index contributed by atoms with van der Waals surface area (Å²) in [4.78, 5) is 38.8. The minimum absolute atomic E-state index is 0.0277. The highest BCUT2D eigenvalue weighted by Gasteiger charge is 2.64. The highest BCUT2D eigenvalue weighted by molar-refractivity contribution is 6.32. The van der Waals surface area contributed by atoms with Crippen molar-refractivity contribution >= 4 is 46.4 Å². The van der Waals surface area contributed by atoms with E-state index >= 15 is 0 Å². The molecule has 2 aromatic carbocycles. The van der Waals surface area contributed by atoms with Gasteiger partial charge in [-0.25, -0.2) is 14.4 Å². The van der Waals surface area contributed by atoms with E-state index in [0.717, 1.165) is 12.1 Å². The van der Waals surface area contributed by atoms with E-state index < -0.39 is 23.2 Å². The van der Waals surface area contributed by atoms with Crippen LogP contribution in [0.1, 0.15) is 41.6 Å². The number of methoxy groups -OCH3 is 2. The molecule has 9 nitrogen and oxygen atoms in total. The van der Waals surface area contributed by atoms with Gasteiger partial charge in [-0.15, -0.1) is 0 Å². The molecule has 0 radical (unpaired) electrons. The fourth-order valence-corrected chi connectivity index (χ4v) is 5.95. The number of hydrogen-bond acceptors (Lipinski definition) is 6. The number of fused-ring (bicyclic) bond motifs is 4. The number of amides is 2. The minimum Gasteiger partial charge on any atom is -0.496 e. The van der Waals surface area contributed by atoms with Crippen molar-refractivity contribution < 1.29 is 23.5 Å². The van der Waals surface area contributed by atoms with Crippen molar-refractivity contribution in [3.05, 3.63) is 81.5 Å². The molecule has 0 fully saturated rings. The molecule has 0 bridgehead atoms. The minimum atomic E-state index is -1.74. The molecule has 0 saturated carbocycles. The predicted octanol–water partition coefficient (Wildman–Crippen LogP) is 5.85. The smallest absolute Gasteiger partial charge is 0.280 e. The van der Waals surface area contributed by atoms with Crippen molar-refractivity contribution in [2.45, 2.75) is 25.4 Å². The van der Waals surface area contributed by atoms with E-state index in [1.54, 1.807) is 24.3 Å². The number of pyridine rings is 1. The van der Waals surface area contributed by atoms with Gasteiger partial charge in [0.15, 0.2) is 11.2 Å². The van der Waals surface area contributed by atoms with Crippen molar-refractivity contribution in [1.29, 1.82) is 0 Å². The third-order valence-electron chi connectivity index (χ3n) is 7.08. The number of carbonyl (C=O) groups excluding carboxylic acids is 2. The lowest BCUT2D eigenvalue weighted by molar-refractivity contribution is -0.119. The Kier molecular flexibility index (Phi) is 6.01. The summed E-state index contributed by atoms with van der Waals surface area (Å²) in [5.74, 6) is -0.673. The van der Waals surface area contributed by atoms with Crippen molar-refractivity contribution in [1.82, 2.24) is 14.5 Å². The molecule has 40 heavy (non-hydrogen) atoms. The monoisotopic (exact) mass is 581 g/mol. The van der Waals surface area contributed by atoms with E-state index in [1.165, 1.54) is 31.4 Å². The molecule has 2 amide bonds. The molecule has 6 rings (SSSR count). The zero-order valence-electron chi connectivity index (χ0n) is 21.8. The third-order valence-corrected chi connectivity index (χ3v) is 7.53. The van der Waals surface area contributed by atoms with E-state index in [-0.39, 0.29) is 22.4 Å². The van der Waals surface area contributed by atoms with Crippen LogP contribution < -0.4 is 19.7 Å². The molecule has 4 aromatic rings. The van der Waals surface area contributed by atoms with E-state index in [1.807, 2.05) is 18.4 Å². The fourth-order valence-electron chi connectivity index (χ4n) is 5.56. The van der Waals surface area contributed by atoms with Crippen LogP contribution in [0.25, 0.3) is 11.4 Å². The average molecular weight is 582 g/mol. The maximum absolute atomic E-state index is 14.6. The Morgan fingerprint density at radius 2 is 1.80 bits per heavy atom. The first-order valence-electron chi connectivity index (χ1n) is 12.2. The lowest BCUT2D eigenvalue weighted by atomic mass is 9.87. The molecule has 12 heteroatoms. The molecule has 2 aliphatic rings. The van der Waals surface area contributed by atoms with Gasteiger partial charge in [-0.2, -0.15) is 0 Å². The van der Waals surface area contributed by atoms with Crippen LogP contribution in [0.3, 0.4) is 0 Å². The Hall–Kier alpha value is -4.15. The zero-order chi connectivity index (χ0) is 28.5. The highest BCUT2D eigenvalue weighted by atomic mass is 35.5. The van der Waals surface area contributed by atoms with Gasteiger partial charge in [-0.05, 0) is 44.2 Å². The highest BCUT2D eigenvalue weighted by Crippen LogP contribution is 2.55. The van der Waals surface area contributed by atoms with Gasteiger partial charge < -0.3 is 19.4 Å². The summed E-state index contributed by atoms with van der Waals surface area (Å²) in [6, 6.07) is 9.97. The molecule has 4 heterocycles. The van der Waals surface area contributed by atoms with E-state index in [9.17, 15) is 14.0 Å². The Morgan fingerprint density at radius 1 is 1.02 bits per heavy atom. The number of nitrogens with one attached hydrogen (secondary N) is 1. The fraction of sp³-hybridized carbons (Fsp3) is 0.214. The maximum Gasteiger partial charge on any atom is 0.280 e. The van der Waals surface area contributed by atoms with Gasteiger partial charge in [0.25, 0.3) is 11.8 Å². The number of benzene rings is 2. The summed E-state index contributed by atoms with van der Waals surface area (Å²) in [7, 11) is 2.99. The van der Waals surface area contributed by atoms with E-state index in [4.69, 9.17) is 37.7 Å². The summed E-state index contributed by atoms with van der Waals surface area (Å²) in [5, 5.41) is 3.34. The van der Waals surface area contributed by atoms with Gasteiger partial charge >= 0.3 is 0 Å². The second-order valence-electron chi connectivity index (χ2n) is 9.65. The van der Waals surface area contributed by atoms with Crippen LogP contribution >= 0.6 is 23.2 Å². The Balaban J connectivity index is 1.72. The maximum atomic E-state index is 14.6. The van der Waals surface area contributed by atoms with Crippen molar-refractivity contribution in [2.24, 2.45) is 0 Å². The molecule has 1 N–H and O–H groups in total. The Labute approximate surface area is 238 Å². The van der Waals surface area contributed by atoms with Gasteiger partial charge in [0.2, 0.25) is 5.88 Å². The first kappa shape index (κ1) is 26.1. The molecule has 1 atom stereocenters. The standard InChI is InChI=1S/C28H22Cl2FN5O4/c1-13(2)35-24-23(34-25(35)18-12-32-22(40-4)11-21(18)39-3)26(37)36(17-8-15(30)7-16(31)10-17)28(24)19-6-5-14(29)9-20(19)33-27(28)38/h5-13H,1-4H3,(H,33,38)/t28-/m0/s1. The average Bonchev–Trinajstić information content (AvgIpc) is 3.51. The lowest BCUT2D eigenvalue weighted by Gasteiger charge is -2.35. The summed E-state index contributed by atoms with van der Waals surface area (Å²) in [6.45, 7) is 3.81. The van der Waals surface area contributed by atoms with Crippen molar-refractivity contribution in [3.63, 3.8) is 0 Å². The summed E-state index contributed by atoms with van der Waals surface area (Å²) >= 11 is 12.5. The largest absolute Gasteiger partial charge is 0.496 e. The van der Waals surface area contributed by atoms with Crippen LogP contribution in [-0.2, 0) is 10.3 Å². The topological polar surface area (TPSA) is 98.6 Å². The molecule has 0 unspecified atom stereocenters. The van der Waals surface area contributed by atoms with Crippen LogP contribution in [0.5, 0.6) is 11.6 Å². The molecular formula is C28H22Cl2FN5O4. The number of rotatable bonds is 5. The molecule has 0 saturated heterocycles. The van der Waals surface area contributed by atoms with Crippen LogP contribution in [0.4, 0.5) is 15.8 Å². The van der Waals surface area contributed by atoms with Crippen LogP contribution in [0.2, 0.25) is 10.0 Å². The van der Waals surface area contributed by atoms with Crippen LogP contribution in [0, 0.1) is 5.82 Å². The molecule has 0 aliphatic carbocycles. The number of anilines is 2. The summed E-state index contributed by atoms with van der Waals surface area (Å²) in [5.41, 5.74) is 0.0803. The first-order valence-corrected chi connectivity index (χ1v) is 13.0. The van der Waals surface area contributed by atoms with Gasteiger partial charge in [-0.3, -0.25) is 14.5 Å². The first-order chi connectivity index (χ1) is 19.1. The zero-order valence-corrected chi connectivity index (χ0v) is 23.3. The predicted molar refractivity (Wildman–Crippen MR) is 148 cm³/mol. The number of hydrogen-bond donors (Lipinski definition) is 1. The molecule has 2 aliphatic heterocycles. The Bertz CT molecular complexity index is 1720. The number of halogens is 3. The normalized spacial score (nSPS) is 17.4.